The molecule has 0 spiro atoms. The lowest BCUT2D eigenvalue weighted by atomic mass is 10.00. The van der Waals surface area contributed by atoms with Crippen molar-refractivity contribution in [3.63, 3.8) is 0 Å². The van der Waals surface area contributed by atoms with Crippen LogP contribution in [0.4, 0.5) is 28.9 Å². The number of carbonyl (C=O) groups is 1. The molecule has 0 bridgehead atoms. The van der Waals surface area contributed by atoms with Crippen LogP contribution in [0.5, 0.6) is 0 Å². The van der Waals surface area contributed by atoms with Gasteiger partial charge in [-0.1, -0.05) is 13.8 Å². The van der Waals surface area contributed by atoms with Gasteiger partial charge in [-0.15, -0.1) is 0 Å². The van der Waals surface area contributed by atoms with Crippen LogP contribution in [0.3, 0.4) is 0 Å². The molecule has 2 aromatic rings. The average molecular weight is 369 g/mol. The normalized spacial score (nSPS) is 11.5. The highest BCUT2D eigenvalue weighted by molar-refractivity contribution is 5.97. The Morgan fingerprint density at radius 2 is 1.77 bits per heavy atom. The van der Waals surface area contributed by atoms with E-state index in [1.54, 1.807) is 6.92 Å². The van der Waals surface area contributed by atoms with Crippen LogP contribution < -0.4 is 5.32 Å². The molecule has 1 N–H and O–H groups in total. The van der Waals surface area contributed by atoms with Gasteiger partial charge >= 0.3 is 12.1 Å². The van der Waals surface area contributed by atoms with E-state index in [0.29, 0.717) is 11.3 Å². The number of hydrogen-bond acceptors (Lipinski definition) is 3. The first-order valence-electron chi connectivity index (χ1n) is 8.08. The maximum Gasteiger partial charge on any atom is 0.416 e. The van der Waals surface area contributed by atoms with E-state index in [2.05, 4.69) is 5.32 Å². The Morgan fingerprint density at radius 3 is 2.35 bits per heavy atom. The molecule has 2 aromatic carbocycles. The topological polar surface area (TPSA) is 38.3 Å². The fourth-order valence-electron chi connectivity index (χ4n) is 2.48. The molecule has 3 nitrogen and oxygen atoms in total. The summed E-state index contributed by atoms with van der Waals surface area (Å²) in [6.45, 7) is 5.32. The third-order valence-corrected chi connectivity index (χ3v) is 3.75. The molecule has 0 unspecified atom stereocenters. The molecular weight excluding hydrogens is 350 g/mol. The van der Waals surface area contributed by atoms with Gasteiger partial charge < -0.3 is 10.1 Å². The zero-order chi connectivity index (χ0) is 19.5. The molecule has 0 saturated heterocycles. The number of rotatable bonds is 5. The number of halogens is 4. The van der Waals surface area contributed by atoms with E-state index in [4.69, 9.17) is 4.74 Å². The van der Waals surface area contributed by atoms with E-state index in [0.717, 1.165) is 12.1 Å². The van der Waals surface area contributed by atoms with Gasteiger partial charge in [0.25, 0.3) is 0 Å². The second-order valence-corrected chi connectivity index (χ2v) is 5.99. The standard InChI is InChI=1S/C19H19F4NO2/c1-4-26-18(25)15-9-12(19(21,22)23)5-7-17(15)24-16-8-6-13(20)10-14(16)11(2)3/h5-11,24H,4H2,1-3H3. The Kier molecular flexibility index (Phi) is 5.90. The Labute approximate surface area is 149 Å². The van der Waals surface area contributed by atoms with Gasteiger partial charge in [-0.25, -0.2) is 9.18 Å². The van der Waals surface area contributed by atoms with Crippen LogP contribution in [0, 0.1) is 5.82 Å². The highest BCUT2D eigenvalue weighted by atomic mass is 19.4. The van der Waals surface area contributed by atoms with Gasteiger partial charge in [0, 0.05) is 5.69 Å². The Hall–Kier alpha value is -2.57. The number of esters is 1. The first-order chi connectivity index (χ1) is 12.1. The molecule has 0 fully saturated rings. The summed E-state index contributed by atoms with van der Waals surface area (Å²) in [6.07, 6.45) is -4.58. The number of anilines is 2. The molecule has 7 heteroatoms. The van der Waals surface area contributed by atoms with E-state index >= 15 is 0 Å². The molecule has 0 saturated carbocycles. The zero-order valence-electron chi connectivity index (χ0n) is 14.6. The SMILES string of the molecule is CCOC(=O)c1cc(C(F)(F)F)ccc1Nc1ccc(F)cc1C(C)C. The molecule has 0 aliphatic heterocycles. The average Bonchev–Trinajstić information content (AvgIpc) is 2.55. The van der Waals surface area contributed by atoms with Crippen molar-refractivity contribution in [3.05, 3.63) is 58.9 Å². The van der Waals surface area contributed by atoms with Gasteiger partial charge in [0.05, 0.1) is 23.4 Å². The van der Waals surface area contributed by atoms with Gasteiger partial charge in [0.2, 0.25) is 0 Å². The van der Waals surface area contributed by atoms with E-state index < -0.39 is 23.5 Å². The molecule has 140 valence electrons. The minimum atomic E-state index is -4.58. The van der Waals surface area contributed by atoms with Crippen LogP contribution in [-0.2, 0) is 10.9 Å². The van der Waals surface area contributed by atoms with E-state index in [-0.39, 0.29) is 23.8 Å². The quantitative estimate of drug-likeness (QED) is 0.528. The smallest absolute Gasteiger partial charge is 0.416 e. The van der Waals surface area contributed by atoms with E-state index in [1.165, 1.54) is 24.3 Å². The summed E-state index contributed by atoms with van der Waals surface area (Å²) in [5.41, 5.74) is 0.117. The summed E-state index contributed by atoms with van der Waals surface area (Å²) in [4.78, 5) is 12.1. The highest BCUT2D eigenvalue weighted by Gasteiger charge is 2.32. The summed E-state index contributed by atoms with van der Waals surface area (Å²) in [5, 5.41) is 2.93. The molecule has 0 atom stereocenters. The van der Waals surface area contributed by atoms with Crippen molar-refractivity contribution in [3.8, 4) is 0 Å². The summed E-state index contributed by atoms with van der Waals surface area (Å²) >= 11 is 0. The van der Waals surface area contributed by atoms with Crippen LogP contribution in [-0.4, -0.2) is 12.6 Å². The summed E-state index contributed by atoms with van der Waals surface area (Å²) in [5.74, 6) is -1.32. The Balaban J connectivity index is 2.51. The van der Waals surface area contributed by atoms with Crippen molar-refractivity contribution < 1.29 is 27.1 Å². The van der Waals surface area contributed by atoms with E-state index in [1.807, 2.05) is 13.8 Å². The minimum absolute atomic E-state index is 0.0301. The first kappa shape index (κ1) is 19.8. The van der Waals surface area contributed by atoms with Crippen molar-refractivity contribution in [1.29, 1.82) is 0 Å². The van der Waals surface area contributed by atoms with Crippen LogP contribution in [0.2, 0.25) is 0 Å². The lowest BCUT2D eigenvalue weighted by Gasteiger charge is -2.18. The van der Waals surface area contributed by atoms with Crippen LogP contribution in [0.25, 0.3) is 0 Å². The monoisotopic (exact) mass is 369 g/mol. The molecule has 0 aromatic heterocycles. The highest BCUT2D eigenvalue weighted by Crippen LogP contribution is 2.34. The lowest BCUT2D eigenvalue weighted by molar-refractivity contribution is -0.137. The van der Waals surface area contributed by atoms with Gasteiger partial charge in [0.1, 0.15) is 5.82 Å². The molecule has 0 aliphatic rings. The number of alkyl halides is 3. The number of benzene rings is 2. The maximum absolute atomic E-state index is 13.5. The Bertz CT molecular complexity index is 801. The van der Waals surface area contributed by atoms with Crippen LogP contribution in [0.15, 0.2) is 36.4 Å². The number of carbonyl (C=O) groups excluding carboxylic acids is 1. The van der Waals surface area contributed by atoms with Crippen molar-refractivity contribution >= 4 is 17.3 Å². The molecular formula is C19H19F4NO2. The number of ether oxygens (including phenoxy) is 1. The third kappa shape index (κ3) is 4.53. The lowest BCUT2D eigenvalue weighted by Crippen LogP contribution is -2.12. The van der Waals surface area contributed by atoms with Gasteiger partial charge in [-0.2, -0.15) is 13.2 Å². The maximum atomic E-state index is 13.5. The summed E-state index contributed by atoms with van der Waals surface area (Å²) in [7, 11) is 0. The largest absolute Gasteiger partial charge is 0.462 e. The van der Waals surface area contributed by atoms with Gasteiger partial charge in [-0.3, -0.25) is 0 Å². The fourth-order valence-corrected chi connectivity index (χ4v) is 2.48. The molecule has 0 aliphatic carbocycles. The molecule has 0 amide bonds. The van der Waals surface area contributed by atoms with Gasteiger partial charge in [0.15, 0.2) is 0 Å². The minimum Gasteiger partial charge on any atom is -0.462 e. The van der Waals surface area contributed by atoms with Crippen molar-refractivity contribution in [1.82, 2.24) is 0 Å². The second-order valence-electron chi connectivity index (χ2n) is 5.99. The van der Waals surface area contributed by atoms with Crippen molar-refractivity contribution in [2.75, 3.05) is 11.9 Å². The molecule has 0 heterocycles. The molecule has 26 heavy (non-hydrogen) atoms. The second kappa shape index (κ2) is 7.76. The number of hydrogen-bond donors (Lipinski definition) is 1. The fraction of sp³-hybridized carbons (Fsp3) is 0.316. The predicted octanol–water partition coefficient (Wildman–Crippen LogP) is 5.89. The Morgan fingerprint density at radius 1 is 1.12 bits per heavy atom. The van der Waals surface area contributed by atoms with Crippen LogP contribution >= 0.6 is 0 Å². The van der Waals surface area contributed by atoms with Crippen molar-refractivity contribution in [2.45, 2.75) is 32.9 Å². The molecule has 0 radical (unpaired) electrons. The van der Waals surface area contributed by atoms with E-state index in [9.17, 15) is 22.4 Å². The molecule has 2 rings (SSSR count). The van der Waals surface area contributed by atoms with Gasteiger partial charge in [-0.05, 0) is 54.8 Å². The summed E-state index contributed by atoms with van der Waals surface area (Å²) in [6, 6.07) is 6.87. The zero-order valence-corrected chi connectivity index (χ0v) is 14.6. The van der Waals surface area contributed by atoms with Crippen molar-refractivity contribution in [2.24, 2.45) is 0 Å². The summed E-state index contributed by atoms with van der Waals surface area (Å²) < 4.78 is 57.3. The predicted molar refractivity (Wildman–Crippen MR) is 91.2 cm³/mol. The third-order valence-electron chi connectivity index (χ3n) is 3.75. The first-order valence-corrected chi connectivity index (χ1v) is 8.08. The van der Waals surface area contributed by atoms with Crippen LogP contribution in [0.1, 0.15) is 48.2 Å². The number of nitrogens with one attached hydrogen (secondary N) is 1.